The number of halogens is 1. The zero-order valence-corrected chi connectivity index (χ0v) is 18.8. The smallest absolute Gasteiger partial charge is 0.255 e. The summed E-state index contributed by atoms with van der Waals surface area (Å²) in [5, 5.41) is 0. The lowest BCUT2D eigenvalue weighted by atomic mass is 9.88. The van der Waals surface area contributed by atoms with Gasteiger partial charge >= 0.3 is 0 Å². The van der Waals surface area contributed by atoms with Crippen LogP contribution in [0.3, 0.4) is 0 Å². The zero-order valence-electron chi connectivity index (χ0n) is 16.4. The maximum atomic E-state index is 13.1. The summed E-state index contributed by atoms with van der Waals surface area (Å²) in [6.07, 6.45) is 2.88. The summed E-state index contributed by atoms with van der Waals surface area (Å²) in [5.41, 5.74) is 1.02. The maximum Gasteiger partial charge on any atom is 0.255 e. The lowest BCUT2D eigenvalue weighted by molar-refractivity contribution is 0.0649. The topological polar surface area (TPSA) is 83.6 Å². The van der Waals surface area contributed by atoms with Crippen molar-refractivity contribution < 1.29 is 18.0 Å². The molecule has 0 unspecified atom stereocenters. The number of likely N-dealkylation sites (tertiary alicyclic amines) is 1. The van der Waals surface area contributed by atoms with Crippen LogP contribution in [0.2, 0.25) is 0 Å². The Balaban J connectivity index is 1.45. The monoisotopic (exact) mass is 490 g/mol. The standard InChI is InChI=1S/C22H23BrN2O4S/c23-20-9-8-18(30(28,29)24-17-6-7-17)14-19(20)22(27)25-12-10-16(11-13-25)21(26)15-4-2-1-3-5-15/h1-5,8-9,14,16-17,24H,6-7,10-13H2. The quantitative estimate of drug-likeness (QED) is 0.626. The van der Waals surface area contributed by atoms with Gasteiger partial charge in [0.25, 0.3) is 5.91 Å². The third-order valence-corrected chi connectivity index (χ3v) is 7.80. The summed E-state index contributed by atoms with van der Waals surface area (Å²) in [4.78, 5) is 27.5. The summed E-state index contributed by atoms with van der Waals surface area (Å²) < 4.78 is 28.2. The first kappa shape index (κ1) is 21.2. The molecule has 30 heavy (non-hydrogen) atoms. The Morgan fingerprint density at radius 3 is 2.27 bits per heavy atom. The molecule has 1 amide bonds. The Bertz CT molecular complexity index is 1060. The summed E-state index contributed by atoms with van der Waals surface area (Å²) in [6, 6.07) is 13.7. The van der Waals surface area contributed by atoms with Gasteiger partial charge in [-0.25, -0.2) is 13.1 Å². The molecule has 4 rings (SSSR count). The van der Waals surface area contributed by atoms with E-state index in [1.807, 2.05) is 30.3 Å². The van der Waals surface area contributed by atoms with Crippen LogP contribution in [0.5, 0.6) is 0 Å². The molecular weight excluding hydrogens is 468 g/mol. The number of sulfonamides is 1. The molecule has 0 spiro atoms. The highest BCUT2D eigenvalue weighted by atomic mass is 79.9. The van der Waals surface area contributed by atoms with Crippen molar-refractivity contribution in [3.05, 3.63) is 64.1 Å². The third kappa shape index (κ3) is 4.66. The average Bonchev–Trinajstić information content (AvgIpc) is 3.57. The van der Waals surface area contributed by atoms with Crippen molar-refractivity contribution in [2.45, 2.75) is 36.6 Å². The molecule has 0 radical (unpaired) electrons. The fourth-order valence-electron chi connectivity index (χ4n) is 3.68. The summed E-state index contributed by atoms with van der Waals surface area (Å²) in [6.45, 7) is 0.928. The second-order valence-electron chi connectivity index (χ2n) is 7.83. The maximum absolute atomic E-state index is 13.1. The van der Waals surface area contributed by atoms with E-state index in [1.165, 1.54) is 12.1 Å². The van der Waals surface area contributed by atoms with Crippen molar-refractivity contribution in [2.75, 3.05) is 13.1 Å². The fourth-order valence-corrected chi connectivity index (χ4v) is 5.42. The van der Waals surface area contributed by atoms with E-state index >= 15 is 0 Å². The highest BCUT2D eigenvalue weighted by molar-refractivity contribution is 9.10. The van der Waals surface area contributed by atoms with Crippen LogP contribution in [0, 0.1) is 5.92 Å². The van der Waals surface area contributed by atoms with Crippen LogP contribution in [0.4, 0.5) is 0 Å². The van der Waals surface area contributed by atoms with Gasteiger partial charge in [0.1, 0.15) is 0 Å². The van der Waals surface area contributed by atoms with Crippen molar-refractivity contribution >= 4 is 37.6 Å². The molecule has 0 aromatic heterocycles. The molecule has 0 atom stereocenters. The first-order valence-electron chi connectivity index (χ1n) is 10.1. The molecule has 1 saturated heterocycles. The number of Topliss-reactive ketones (excluding diaryl/α,β-unsaturated/α-hetero) is 1. The number of amides is 1. The number of nitrogens with one attached hydrogen (secondary N) is 1. The Morgan fingerprint density at radius 2 is 1.63 bits per heavy atom. The molecule has 6 nitrogen and oxygen atoms in total. The molecule has 2 aromatic rings. The minimum absolute atomic E-state index is 0.000946. The normalized spacial score (nSPS) is 17.7. The number of carbonyl (C=O) groups is 2. The number of nitrogens with zero attached hydrogens (tertiary/aromatic N) is 1. The lowest BCUT2D eigenvalue weighted by Gasteiger charge is -2.31. The molecule has 1 N–H and O–H groups in total. The van der Waals surface area contributed by atoms with Gasteiger partial charge in [-0.2, -0.15) is 0 Å². The highest BCUT2D eigenvalue weighted by Crippen LogP contribution is 2.28. The molecule has 1 saturated carbocycles. The molecule has 2 aromatic carbocycles. The number of ketones is 1. The molecular formula is C22H23BrN2O4S. The van der Waals surface area contributed by atoms with Gasteiger partial charge in [-0.1, -0.05) is 30.3 Å². The van der Waals surface area contributed by atoms with E-state index < -0.39 is 10.0 Å². The van der Waals surface area contributed by atoms with Crippen molar-refractivity contribution in [1.29, 1.82) is 0 Å². The second kappa shape index (κ2) is 8.61. The molecule has 0 bridgehead atoms. The van der Waals surface area contributed by atoms with Crippen LogP contribution in [-0.2, 0) is 10.0 Å². The van der Waals surface area contributed by atoms with Gasteiger partial charge in [0, 0.05) is 35.1 Å². The number of hydrogen-bond acceptors (Lipinski definition) is 4. The van der Waals surface area contributed by atoms with E-state index in [9.17, 15) is 18.0 Å². The molecule has 2 fully saturated rings. The number of rotatable bonds is 6. The number of hydrogen-bond donors (Lipinski definition) is 1. The first-order valence-corrected chi connectivity index (χ1v) is 12.3. The Morgan fingerprint density at radius 1 is 0.967 bits per heavy atom. The van der Waals surface area contributed by atoms with E-state index in [0.717, 1.165) is 12.8 Å². The molecule has 2 aliphatic rings. The predicted octanol–water partition coefficient (Wildman–Crippen LogP) is 3.62. The van der Waals surface area contributed by atoms with E-state index in [0.29, 0.717) is 41.5 Å². The van der Waals surface area contributed by atoms with E-state index in [2.05, 4.69) is 20.7 Å². The van der Waals surface area contributed by atoms with Crippen LogP contribution in [0.25, 0.3) is 0 Å². The van der Waals surface area contributed by atoms with E-state index in [1.54, 1.807) is 11.0 Å². The third-order valence-electron chi connectivity index (χ3n) is 5.59. The Hall–Kier alpha value is -2.03. The van der Waals surface area contributed by atoms with Gasteiger partial charge in [-0.3, -0.25) is 9.59 Å². The Labute approximate surface area is 184 Å². The van der Waals surface area contributed by atoms with Gasteiger partial charge in [0.05, 0.1) is 10.5 Å². The molecule has 8 heteroatoms. The number of carbonyl (C=O) groups excluding carboxylic acids is 2. The van der Waals surface area contributed by atoms with Crippen LogP contribution in [0.15, 0.2) is 57.9 Å². The number of benzene rings is 2. The minimum Gasteiger partial charge on any atom is -0.339 e. The summed E-state index contributed by atoms with van der Waals surface area (Å²) >= 11 is 3.38. The van der Waals surface area contributed by atoms with Crippen molar-refractivity contribution in [3.8, 4) is 0 Å². The fraction of sp³-hybridized carbons (Fsp3) is 0.364. The van der Waals surface area contributed by atoms with Gasteiger partial charge in [-0.05, 0) is 59.8 Å². The zero-order chi connectivity index (χ0) is 21.3. The van der Waals surface area contributed by atoms with Crippen LogP contribution >= 0.6 is 15.9 Å². The van der Waals surface area contributed by atoms with Crippen molar-refractivity contribution in [2.24, 2.45) is 5.92 Å². The summed E-state index contributed by atoms with van der Waals surface area (Å²) in [5.74, 6) is -0.214. The van der Waals surface area contributed by atoms with Gasteiger partial charge in [0.15, 0.2) is 5.78 Å². The van der Waals surface area contributed by atoms with E-state index in [4.69, 9.17) is 0 Å². The van der Waals surface area contributed by atoms with Gasteiger partial charge in [0.2, 0.25) is 10.0 Å². The first-order chi connectivity index (χ1) is 14.3. The van der Waals surface area contributed by atoms with Crippen LogP contribution in [0.1, 0.15) is 46.4 Å². The molecule has 1 heterocycles. The van der Waals surface area contributed by atoms with Gasteiger partial charge in [-0.15, -0.1) is 0 Å². The SMILES string of the molecule is O=C(c1ccccc1)C1CCN(C(=O)c2cc(S(=O)(=O)NC3CC3)ccc2Br)CC1. The number of piperidine rings is 1. The average molecular weight is 491 g/mol. The van der Waals surface area contributed by atoms with Crippen molar-refractivity contribution in [3.63, 3.8) is 0 Å². The van der Waals surface area contributed by atoms with Gasteiger partial charge < -0.3 is 4.90 Å². The second-order valence-corrected chi connectivity index (χ2v) is 10.4. The van der Waals surface area contributed by atoms with E-state index in [-0.39, 0.29) is 28.5 Å². The van der Waals surface area contributed by atoms with Crippen LogP contribution < -0.4 is 4.72 Å². The van der Waals surface area contributed by atoms with Crippen molar-refractivity contribution in [1.82, 2.24) is 9.62 Å². The predicted molar refractivity (Wildman–Crippen MR) is 117 cm³/mol. The van der Waals surface area contributed by atoms with Crippen LogP contribution in [-0.4, -0.2) is 44.1 Å². The lowest BCUT2D eigenvalue weighted by Crippen LogP contribution is -2.40. The Kier molecular flexibility index (Phi) is 6.09. The molecule has 158 valence electrons. The largest absolute Gasteiger partial charge is 0.339 e. The highest BCUT2D eigenvalue weighted by Gasteiger charge is 2.31. The molecule has 1 aliphatic heterocycles. The molecule has 1 aliphatic carbocycles. The summed E-state index contributed by atoms with van der Waals surface area (Å²) in [7, 11) is -3.64. The minimum atomic E-state index is -3.64.